The number of rotatable bonds is 14. The molecule has 6 unspecified atom stereocenters. The second kappa shape index (κ2) is 20.1. The van der Waals surface area contributed by atoms with E-state index in [9.17, 15) is 0 Å². The van der Waals surface area contributed by atoms with Crippen molar-refractivity contribution in [2.75, 3.05) is 23.9 Å². The van der Waals surface area contributed by atoms with E-state index in [1.54, 1.807) is 0 Å². The summed E-state index contributed by atoms with van der Waals surface area (Å²) < 4.78 is 18.4. The van der Waals surface area contributed by atoms with Gasteiger partial charge in [-0.2, -0.15) is 0 Å². The van der Waals surface area contributed by atoms with Crippen LogP contribution < -0.4 is 9.47 Å². The highest BCUT2D eigenvalue weighted by Crippen LogP contribution is 2.46. The average molecular weight is 1550 g/mol. The Hall–Kier alpha value is 3.72. The Morgan fingerprint density at radius 2 is 0.830 bits per heavy atom. The van der Waals surface area contributed by atoms with Crippen molar-refractivity contribution in [3.05, 3.63) is 74.4 Å². The Balaban J connectivity index is 1.65. The van der Waals surface area contributed by atoms with E-state index in [1.807, 2.05) is 0 Å². The predicted octanol–water partition coefficient (Wildman–Crippen LogP) is 16.3. The maximum Gasteiger partial charge on any atom is 0.143 e. The minimum atomic E-state index is 0.0874. The first kappa shape index (κ1) is 43.4. The van der Waals surface area contributed by atoms with Crippen molar-refractivity contribution in [3.63, 3.8) is 0 Å². The minimum absolute atomic E-state index is 0.0874. The highest BCUT2D eigenvalue weighted by Gasteiger charge is 2.26. The lowest BCUT2D eigenvalue weighted by Gasteiger charge is -2.22. The monoisotopic (exact) mass is 1530 g/mol. The van der Waals surface area contributed by atoms with Crippen LogP contribution in [0.3, 0.4) is 0 Å². The maximum absolute atomic E-state index is 6.45. The molecule has 0 aliphatic rings. The van der Waals surface area contributed by atoms with Gasteiger partial charge in [-0.05, 0) is 116 Å². The zero-order valence-corrected chi connectivity index (χ0v) is 45.8. The summed E-state index contributed by atoms with van der Waals surface area (Å²) >= 11 is 52.4. The zero-order chi connectivity index (χ0) is 34.7. The summed E-state index contributed by atoms with van der Waals surface area (Å²) in [5, 5.41) is 5.82. The standard InChI is InChI=1S/C31H22Br14O2/c32-8-20(38)26(42)22(40)10-46-30-24-14(6-18(36)28(30)44)2-12(4-16(24)34)1-13-3-15-7-19(37)29(45)31(25(15)17(35)5-13)47-11-23(41)27(43)21(39)9-33/h2-7,20-23,26-27H,1,8-11H2. The molecule has 0 bridgehead atoms. The van der Waals surface area contributed by atoms with Crippen LogP contribution in [-0.2, 0) is 6.42 Å². The Morgan fingerprint density at radius 1 is 0.468 bits per heavy atom. The molecule has 0 aromatic heterocycles. The molecule has 47 heavy (non-hydrogen) atoms. The fraction of sp³-hybridized carbons (Fsp3) is 0.355. The van der Waals surface area contributed by atoms with Gasteiger partial charge in [0.25, 0.3) is 0 Å². The van der Waals surface area contributed by atoms with Gasteiger partial charge in [0.05, 0.1) is 18.6 Å². The number of fused-ring (bicyclic) bond motifs is 2. The fourth-order valence-corrected chi connectivity index (χ4v) is 12.9. The van der Waals surface area contributed by atoms with Gasteiger partial charge in [0.1, 0.15) is 24.7 Å². The molecule has 0 saturated heterocycles. The Kier molecular flexibility index (Phi) is 18.5. The van der Waals surface area contributed by atoms with Crippen LogP contribution in [0.1, 0.15) is 11.1 Å². The molecule has 0 N–H and O–H groups in total. The number of benzene rings is 4. The molecular formula is C31H22Br14O2. The van der Waals surface area contributed by atoms with E-state index in [0.29, 0.717) is 13.2 Å². The van der Waals surface area contributed by atoms with Crippen molar-refractivity contribution in [1.29, 1.82) is 0 Å². The molecule has 0 heterocycles. The normalized spacial score (nSPS) is 15.8. The van der Waals surface area contributed by atoms with Crippen molar-refractivity contribution >= 4 is 245 Å². The lowest BCUT2D eigenvalue weighted by Crippen LogP contribution is -2.30. The van der Waals surface area contributed by atoms with Gasteiger partial charge in [-0.1, -0.05) is 171 Å². The minimum Gasteiger partial charge on any atom is -0.490 e. The van der Waals surface area contributed by atoms with Crippen molar-refractivity contribution in [2.45, 2.75) is 35.4 Å². The van der Waals surface area contributed by atoms with Crippen molar-refractivity contribution in [2.24, 2.45) is 0 Å². The maximum atomic E-state index is 6.45. The van der Waals surface area contributed by atoms with Crippen LogP contribution >= 0.6 is 223 Å². The Morgan fingerprint density at radius 3 is 1.17 bits per heavy atom. The van der Waals surface area contributed by atoms with Gasteiger partial charge < -0.3 is 9.47 Å². The molecule has 2 nitrogen and oxygen atoms in total. The summed E-state index contributed by atoms with van der Waals surface area (Å²) in [6.07, 6.45) is 0.735. The first-order valence-electron chi connectivity index (χ1n) is 13.6. The number of ether oxygens (including phenoxy) is 2. The number of hydrogen-bond donors (Lipinski definition) is 0. The van der Waals surface area contributed by atoms with Gasteiger partial charge in [0, 0.05) is 58.6 Å². The van der Waals surface area contributed by atoms with Crippen LogP contribution in [0, 0.1) is 0 Å². The van der Waals surface area contributed by atoms with Crippen molar-refractivity contribution in [1.82, 2.24) is 0 Å². The molecule has 0 radical (unpaired) electrons. The molecule has 4 aromatic rings. The lowest BCUT2D eigenvalue weighted by molar-refractivity contribution is 0.319. The molecule has 16 heteroatoms. The van der Waals surface area contributed by atoms with Crippen LogP contribution in [0.5, 0.6) is 11.5 Å². The summed E-state index contributed by atoms with van der Waals surface area (Å²) in [5.74, 6) is 1.57. The summed E-state index contributed by atoms with van der Waals surface area (Å²) in [7, 11) is 0. The second-order valence-corrected chi connectivity index (χ2v) is 23.5. The quantitative estimate of drug-likeness (QED) is 0.117. The van der Waals surface area contributed by atoms with Crippen molar-refractivity contribution in [3.8, 4) is 11.5 Å². The molecule has 0 saturated carbocycles. The number of halogens is 14. The third kappa shape index (κ3) is 10.9. The third-order valence-corrected chi connectivity index (χ3v) is 24.2. The van der Waals surface area contributed by atoms with E-state index in [4.69, 9.17) is 9.47 Å². The molecule has 0 aliphatic heterocycles. The molecule has 6 atom stereocenters. The van der Waals surface area contributed by atoms with Gasteiger partial charge in [-0.15, -0.1) is 0 Å². The molecule has 0 aliphatic carbocycles. The summed E-state index contributed by atoms with van der Waals surface area (Å²) in [6.45, 7) is 0.958. The molecule has 0 spiro atoms. The largest absolute Gasteiger partial charge is 0.490 e. The van der Waals surface area contributed by atoms with E-state index in [1.165, 1.54) is 11.1 Å². The van der Waals surface area contributed by atoms with Crippen LogP contribution in [0.4, 0.5) is 0 Å². The van der Waals surface area contributed by atoms with Crippen LogP contribution in [0.25, 0.3) is 21.5 Å². The molecule has 4 rings (SSSR count). The highest BCUT2D eigenvalue weighted by atomic mass is 79.9. The van der Waals surface area contributed by atoms with Gasteiger partial charge >= 0.3 is 0 Å². The average Bonchev–Trinajstić information content (AvgIpc) is 3.03. The van der Waals surface area contributed by atoms with E-state index in [2.05, 4.69) is 259 Å². The summed E-state index contributed by atoms with van der Waals surface area (Å²) in [5.41, 5.74) is 2.34. The highest BCUT2D eigenvalue weighted by molar-refractivity contribution is 9.15. The third-order valence-electron chi connectivity index (χ3n) is 7.06. The molecular weight excluding hydrogens is 1520 g/mol. The van der Waals surface area contributed by atoms with E-state index >= 15 is 0 Å². The van der Waals surface area contributed by atoms with Crippen LogP contribution in [0.15, 0.2) is 63.2 Å². The van der Waals surface area contributed by atoms with Gasteiger partial charge in [0.15, 0.2) is 0 Å². The fourth-order valence-electron chi connectivity index (χ4n) is 4.76. The second-order valence-electron chi connectivity index (χ2n) is 10.4. The van der Waals surface area contributed by atoms with E-state index in [0.717, 1.165) is 77.0 Å². The number of hydrogen-bond acceptors (Lipinski definition) is 2. The molecule has 0 amide bonds. The topological polar surface area (TPSA) is 18.5 Å². The van der Waals surface area contributed by atoms with Gasteiger partial charge in [-0.25, -0.2) is 0 Å². The Labute approximate surface area is 392 Å². The molecule has 0 fully saturated rings. The van der Waals surface area contributed by atoms with Crippen molar-refractivity contribution < 1.29 is 9.47 Å². The summed E-state index contributed by atoms with van der Waals surface area (Å²) in [6, 6.07) is 13.0. The van der Waals surface area contributed by atoms with E-state index < -0.39 is 0 Å². The smallest absolute Gasteiger partial charge is 0.143 e. The number of alkyl halides is 8. The van der Waals surface area contributed by atoms with E-state index in [-0.39, 0.29) is 29.0 Å². The first-order chi connectivity index (χ1) is 22.2. The molecule has 256 valence electrons. The lowest BCUT2D eigenvalue weighted by atomic mass is 9.98. The molecule has 4 aromatic carbocycles. The van der Waals surface area contributed by atoms with Crippen LogP contribution in [-0.4, -0.2) is 52.8 Å². The van der Waals surface area contributed by atoms with Gasteiger partial charge in [-0.3, -0.25) is 0 Å². The van der Waals surface area contributed by atoms with Gasteiger partial charge in [0.2, 0.25) is 0 Å². The summed E-state index contributed by atoms with van der Waals surface area (Å²) in [4.78, 5) is 1.03. The predicted molar refractivity (Wildman–Crippen MR) is 252 cm³/mol. The first-order valence-corrected chi connectivity index (χ1v) is 26.1. The van der Waals surface area contributed by atoms with Crippen LogP contribution in [0.2, 0.25) is 0 Å². The SMILES string of the molecule is BrCC(Br)C(Br)C(Br)COc1c(Br)c(Br)cc2cc(Cc3cc(Br)c4c(OCC(Br)C(Br)C(Br)CBr)c(Br)c(Br)cc4c3)cc(Br)c12. The Bertz CT molecular complexity index is 1610. The zero-order valence-electron chi connectivity index (χ0n) is 23.6.